The number of rotatable bonds is 4. The zero-order chi connectivity index (χ0) is 14.8. The summed E-state index contributed by atoms with van der Waals surface area (Å²) < 4.78 is 39.9. The van der Waals surface area contributed by atoms with E-state index in [4.69, 9.17) is 5.73 Å². The molecule has 0 aliphatic rings. The molecule has 0 amide bonds. The van der Waals surface area contributed by atoms with Crippen molar-refractivity contribution in [3.63, 3.8) is 0 Å². The number of halogens is 1. The molecule has 1 unspecified atom stereocenters. The largest absolute Gasteiger partial charge is 0.324 e. The van der Waals surface area contributed by atoms with Gasteiger partial charge in [-0.2, -0.15) is 8.42 Å². The Bertz CT molecular complexity index is 717. The van der Waals surface area contributed by atoms with E-state index in [2.05, 4.69) is 9.71 Å². The van der Waals surface area contributed by atoms with Gasteiger partial charge < -0.3 is 5.73 Å². The smallest absolute Gasteiger partial charge is 0.282 e. The number of nitrogens with zero attached hydrogens (tertiary/aromatic N) is 1. The molecular formula is C13H14FN3O2S. The summed E-state index contributed by atoms with van der Waals surface area (Å²) in [5.74, 6) is -0.900. The van der Waals surface area contributed by atoms with E-state index in [1.54, 1.807) is 31.2 Å². The highest BCUT2D eigenvalue weighted by atomic mass is 32.2. The number of nitrogens with one attached hydrogen (secondary N) is 1. The van der Waals surface area contributed by atoms with Crippen LogP contribution in [0, 0.1) is 5.82 Å². The molecule has 3 N–H and O–H groups in total. The second kappa shape index (κ2) is 5.56. The lowest BCUT2D eigenvalue weighted by atomic mass is 10.1. The Morgan fingerprint density at radius 1 is 1.30 bits per heavy atom. The molecule has 1 atom stereocenters. The Morgan fingerprint density at radius 3 is 2.70 bits per heavy atom. The first-order valence-corrected chi connectivity index (χ1v) is 7.37. The molecule has 1 aromatic carbocycles. The molecule has 7 heteroatoms. The second-order valence-corrected chi connectivity index (χ2v) is 5.91. The van der Waals surface area contributed by atoms with E-state index >= 15 is 0 Å². The minimum Gasteiger partial charge on any atom is -0.324 e. The van der Waals surface area contributed by atoms with Crippen LogP contribution in [0.2, 0.25) is 0 Å². The molecule has 0 bridgehead atoms. The summed E-state index contributed by atoms with van der Waals surface area (Å²) >= 11 is 0. The zero-order valence-corrected chi connectivity index (χ0v) is 11.6. The molecule has 0 fully saturated rings. The summed E-state index contributed by atoms with van der Waals surface area (Å²) in [5, 5.41) is -0.633. The van der Waals surface area contributed by atoms with Gasteiger partial charge in [-0.05, 0) is 36.8 Å². The maximum Gasteiger partial charge on any atom is 0.282 e. The molecular weight excluding hydrogens is 281 g/mol. The van der Waals surface area contributed by atoms with E-state index in [-0.39, 0.29) is 6.04 Å². The van der Waals surface area contributed by atoms with Crippen molar-refractivity contribution in [1.82, 2.24) is 4.98 Å². The number of nitrogens with two attached hydrogens (primary N) is 1. The van der Waals surface area contributed by atoms with Gasteiger partial charge in [-0.3, -0.25) is 4.72 Å². The van der Waals surface area contributed by atoms with Gasteiger partial charge in [-0.1, -0.05) is 12.1 Å². The van der Waals surface area contributed by atoms with Crippen molar-refractivity contribution in [1.29, 1.82) is 0 Å². The van der Waals surface area contributed by atoms with Crippen molar-refractivity contribution < 1.29 is 12.8 Å². The van der Waals surface area contributed by atoms with Crippen molar-refractivity contribution >= 4 is 15.7 Å². The Hall–Kier alpha value is -1.99. The second-order valence-electron chi connectivity index (χ2n) is 4.31. The van der Waals surface area contributed by atoms with Gasteiger partial charge in [0.05, 0.1) is 0 Å². The Morgan fingerprint density at radius 2 is 2.05 bits per heavy atom. The SMILES string of the molecule is CC(N)c1cccc(NS(=O)(=O)c2ncccc2F)c1. The molecule has 1 aromatic heterocycles. The Labute approximate surface area is 116 Å². The van der Waals surface area contributed by atoms with Crippen molar-refractivity contribution in [3.8, 4) is 0 Å². The number of pyridine rings is 1. The average molecular weight is 295 g/mol. The fourth-order valence-electron chi connectivity index (χ4n) is 1.66. The molecule has 2 rings (SSSR count). The maximum absolute atomic E-state index is 13.5. The fraction of sp³-hybridized carbons (Fsp3) is 0.154. The van der Waals surface area contributed by atoms with E-state index in [1.165, 1.54) is 12.3 Å². The minimum atomic E-state index is -4.06. The van der Waals surface area contributed by atoms with E-state index in [1.807, 2.05) is 0 Å². The lowest BCUT2D eigenvalue weighted by Gasteiger charge is -2.11. The highest BCUT2D eigenvalue weighted by molar-refractivity contribution is 7.92. The number of sulfonamides is 1. The number of anilines is 1. The van der Waals surface area contributed by atoms with E-state index in [0.29, 0.717) is 5.69 Å². The summed E-state index contributed by atoms with van der Waals surface area (Å²) in [7, 11) is -4.06. The van der Waals surface area contributed by atoms with Crippen molar-refractivity contribution in [3.05, 3.63) is 54.0 Å². The van der Waals surface area contributed by atoms with Crippen LogP contribution in [0.1, 0.15) is 18.5 Å². The van der Waals surface area contributed by atoms with Crippen LogP contribution in [0.25, 0.3) is 0 Å². The molecule has 0 radical (unpaired) electrons. The first kappa shape index (κ1) is 14.4. The summed E-state index contributed by atoms with van der Waals surface area (Å²) in [6.45, 7) is 1.78. The number of hydrogen-bond donors (Lipinski definition) is 2. The van der Waals surface area contributed by atoms with Gasteiger partial charge in [0.15, 0.2) is 5.82 Å². The van der Waals surface area contributed by atoms with Gasteiger partial charge in [0.1, 0.15) is 0 Å². The van der Waals surface area contributed by atoms with E-state index in [9.17, 15) is 12.8 Å². The highest BCUT2D eigenvalue weighted by Crippen LogP contribution is 2.19. The lowest BCUT2D eigenvalue weighted by Crippen LogP contribution is -2.16. The molecule has 20 heavy (non-hydrogen) atoms. The molecule has 2 aromatic rings. The fourth-order valence-corrected chi connectivity index (χ4v) is 2.72. The molecule has 0 spiro atoms. The van der Waals surface area contributed by atoms with E-state index < -0.39 is 20.9 Å². The van der Waals surface area contributed by atoms with Crippen LogP contribution in [-0.4, -0.2) is 13.4 Å². The highest BCUT2D eigenvalue weighted by Gasteiger charge is 2.20. The first-order valence-electron chi connectivity index (χ1n) is 5.89. The first-order chi connectivity index (χ1) is 9.40. The van der Waals surface area contributed by atoms with E-state index in [0.717, 1.165) is 11.6 Å². The van der Waals surface area contributed by atoms with Crippen molar-refractivity contribution in [2.24, 2.45) is 5.73 Å². The molecule has 1 heterocycles. The Balaban J connectivity index is 2.34. The number of aromatic nitrogens is 1. The van der Waals surface area contributed by atoms with Crippen LogP contribution in [-0.2, 0) is 10.0 Å². The van der Waals surface area contributed by atoms with Crippen LogP contribution in [0.15, 0.2) is 47.6 Å². The summed E-state index contributed by atoms with van der Waals surface area (Å²) in [6, 6.07) is 8.75. The van der Waals surface area contributed by atoms with Crippen LogP contribution >= 0.6 is 0 Å². The number of benzene rings is 1. The predicted octanol–water partition coefficient (Wildman–Crippen LogP) is 2.04. The molecule has 5 nitrogen and oxygen atoms in total. The average Bonchev–Trinajstić information content (AvgIpc) is 2.38. The predicted molar refractivity (Wildman–Crippen MR) is 74.0 cm³/mol. The minimum absolute atomic E-state index is 0.231. The van der Waals surface area contributed by atoms with Crippen LogP contribution < -0.4 is 10.5 Å². The molecule has 0 saturated carbocycles. The number of hydrogen-bond acceptors (Lipinski definition) is 4. The monoisotopic (exact) mass is 295 g/mol. The molecule has 0 saturated heterocycles. The van der Waals surface area contributed by atoms with Crippen molar-refractivity contribution in [2.45, 2.75) is 18.0 Å². The molecule has 106 valence electrons. The third-order valence-corrected chi connectivity index (χ3v) is 3.96. The summed E-state index contributed by atoms with van der Waals surface area (Å²) in [4.78, 5) is 3.55. The molecule has 0 aliphatic heterocycles. The van der Waals surface area contributed by atoms with Gasteiger partial charge in [-0.25, -0.2) is 9.37 Å². The van der Waals surface area contributed by atoms with Gasteiger partial charge >= 0.3 is 0 Å². The van der Waals surface area contributed by atoms with Gasteiger partial charge in [-0.15, -0.1) is 0 Å². The zero-order valence-electron chi connectivity index (χ0n) is 10.7. The van der Waals surface area contributed by atoms with Gasteiger partial charge in [0, 0.05) is 17.9 Å². The standard InChI is InChI=1S/C13H14FN3O2S/c1-9(15)10-4-2-5-11(8-10)17-20(18,19)13-12(14)6-3-7-16-13/h2-9,17H,15H2,1H3. The van der Waals surface area contributed by atoms with Crippen molar-refractivity contribution in [2.75, 3.05) is 4.72 Å². The maximum atomic E-state index is 13.5. The lowest BCUT2D eigenvalue weighted by molar-refractivity contribution is 0.557. The van der Waals surface area contributed by atoms with Crippen LogP contribution in [0.5, 0.6) is 0 Å². The molecule has 0 aliphatic carbocycles. The Kier molecular flexibility index (Phi) is 4.01. The van der Waals surface area contributed by atoms with Gasteiger partial charge in [0.2, 0.25) is 5.03 Å². The van der Waals surface area contributed by atoms with Gasteiger partial charge in [0.25, 0.3) is 10.0 Å². The summed E-state index contributed by atoms with van der Waals surface area (Å²) in [6.07, 6.45) is 1.22. The normalized spacial score (nSPS) is 12.9. The van der Waals surface area contributed by atoms with Crippen LogP contribution in [0.3, 0.4) is 0 Å². The summed E-state index contributed by atoms with van der Waals surface area (Å²) in [5.41, 5.74) is 6.81. The third kappa shape index (κ3) is 3.12. The third-order valence-electron chi connectivity index (χ3n) is 2.64. The van der Waals surface area contributed by atoms with Crippen LogP contribution in [0.4, 0.5) is 10.1 Å². The topological polar surface area (TPSA) is 85.1 Å². The quantitative estimate of drug-likeness (QED) is 0.904.